The number of carboxylic acid groups (broad SMARTS) is 1. The second kappa shape index (κ2) is 8.46. The van der Waals surface area contributed by atoms with Crippen LogP contribution in [0.15, 0.2) is 48.0 Å². The van der Waals surface area contributed by atoms with Gasteiger partial charge in [-0.15, -0.1) is 0 Å². The fourth-order valence-corrected chi connectivity index (χ4v) is 3.28. The molecule has 0 atom stereocenters. The van der Waals surface area contributed by atoms with E-state index in [4.69, 9.17) is 4.74 Å². The number of nitrogens with zero attached hydrogens (tertiary/aromatic N) is 1. The number of benzene rings is 2. The number of carbonyl (C=O) groups is 1. The van der Waals surface area contributed by atoms with Crippen molar-refractivity contribution in [3.05, 3.63) is 65.0 Å². The van der Waals surface area contributed by atoms with Gasteiger partial charge in [0.25, 0.3) is 0 Å². The van der Waals surface area contributed by atoms with E-state index in [1.54, 1.807) is 38.1 Å². The number of hydrogen-bond donors (Lipinski definition) is 1. The molecule has 0 amide bonds. The van der Waals surface area contributed by atoms with E-state index in [0.29, 0.717) is 16.7 Å². The van der Waals surface area contributed by atoms with Crippen LogP contribution in [0.1, 0.15) is 37.8 Å². The Kier molecular flexibility index (Phi) is 6.02. The summed E-state index contributed by atoms with van der Waals surface area (Å²) in [6.45, 7) is 4.55. The van der Waals surface area contributed by atoms with Crippen LogP contribution in [0.5, 0.6) is 5.75 Å². The first-order valence-corrected chi connectivity index (χ1v) is 9.49. The molecule has 1 N–H and O–H groups in total. The average molecular weight is 383 g/mol. The van der Waals surface area contributed by atoms with E-state index in [-0.39, 0.29) is 17.9 Å². The molecule has 0 radical (unpaired) electrons. The third-order valence-electron chi connectivity index (χ3n) is 4.97. The van der Waals surface area contributed by atoms with E-state index in [1.807, 2.05) is 19.2 Å². The Labute approximate surface area is 165 Å². The van der Waals surface area contributed by atoms with E-state index in [0.717, 1.165) is 18.2 Å². The molecule has 1 saturated carbocycles. The van der Waals surface area contributed by atoms with Gasteiger partial charge in [-0.2, -0.15) is 0 Å². The molecular formula is C23H26FNO3. The minimum Gasteiger partial charge on any atom is -0.486 e. The lowest BCUT2D eigenvalue weighted by atomic mass is 9.97. The summed E-state index contributed by atoms with van der Waals surface area (Å²) in [5.74, 6) is -0.522. The lowest BCUT2D eigenvalue weighted by Gasteiger charge is -2.20. The van der Waals surface area contributed by atoms with Gasteiger partial charge in [0.05, 0.1) is 5.57 Å². The SMILES string of the molecule is CC(C)=C(C(=O)O)c1ccccc1COc1ccc(N(C)CC2CC2)cc1F. The van der Waals surface area contributed by atoms with Gasteiger partial charge in [0.2, 0.25) is 0 Å². The minimum absolute atomic E-state index is 0.0917. The first-order valence-electron chi connectivity index (χ1n) is 9.49. The van der Waals surface area contributed by atoms with Crippen molar-refractivity contribution in [2.75, 3.05) is 18.5 Å². The summed E-state index contributed by atoms with van der Waals surface area (Å²) in [7, 11) is 1.97. The van der Waals surface area contributed by atoms with Crippen LogP contribution in [0.25, 0.3) is 5.57 Å². The van der Waals surface area contributed by atoms with Crippen molar-refractivity contribution >= 4 is 17.2 Å². The molecule has 1 fully saturated rings. The van der Waals surface area contributed by atoms with E-state index in [9.17, 15) is 14.3 Å². The van der Waals surface area contributed by atoms with E-state index in [2.05, 4.69) is 4.90 Å². The highest BCUT2D eigenvalue weighted by molar-refractivity contribution is 6.16. The Bertz CT molecular complexity index is 898. The molecule has 1 aliphatic carbocycles. The van der Waals surface area contributed by atoms with Crippen LogP contribution in [0.2, 0.25) is 0 Å². The first kappa shape index (κ1) is 19.9. The molecule has 28 heavy (non-hydrogen) atoms. The van der Waals surface area contributed by atoms with E-state index >= 15 is 0 Å². The van der Waals surface area contributed by atoms with Crippen LogP contribution in [-0.4, -0.2) is 24.7 Å². The monoisotopic (exact) mass is 383 g/mol. The Balaban J connectivity index is 1.76. The molecular weight excluding hydrogens is 357 g/mol. The van der Waals surface area contributed by atoms with E-state index < -0.39 is 11.8 Å². The summed E-state index contributed by atoms with van der Waals surface area (Å²) in [6, 6.07) is 12.1. The highest BCUT2D eigenvalue weighted by atomic mass is 19.1. The zero-order valence-electron chi connectivity index (χ0n) is 16.5. The minimum atomic E-state index is -0.985. The summed E-state index contributed by atoms with van der Waals surface area (Å²) < 4.78 is 20.2. The summed E-state index contributed by atoms with van der Waals surface area (Å²) in [4.78, 5) is 13.7. The predicted octanol–water partition coefficient (Wildman–Crippen LogP) is 5.13. The van der Waals surface area contributed by atoms with Crippen molar-refractivity contribution in [2.45, 2.75) is 33.3 Å². The molecule has 0 saturated heterocycles. The zero-order chi connectivity index (χ0) is 20.3. The van der Waals surface area contributed by atoms with Gasteiger partial charge in [0.15, 0.2) is 11.6 Å². The number of anilines is 1. The molecule has 2 aromatic rings. The Morgan fingerprint density at radius 1 is 1.21 bits per heavy atom. The first-order chi connectivity index (χ1) is 13.4. The number of ether oxygens (including phenoxy) is 1. The van der Waals surface area contributed by atoms with Crippen LogP contribution >= 0.6 is 0 Å². The molecule has 148 valence electrons. The van der Waals surface area contributed by atoms with Crippen molar-refractivity contribution in [2.24, 2.45) is 5.92 Å². The quantitative estimate of drug-likeness (QED) is 0.642. The molecule has 2 aromatic carbocycles. The fourth-order valence-electron chi connectivity index (χ4n) is 3.28. The largest absolute Gasteiger partial charge is 0.486 e. The van der Waals surface area contributed by atoms with Gasteiger partial charge < -0.3 is 14.7 Å². The third-order valence-corrected chi connectivity index (χ3v) is 4.97. The molecule has 0 unspecified atom stereocenters. The number of allylic oxidation sites excluding steroid dienone is 1. The van der Waals surface area contributed by atoms with Crippen LogP contribution in [0.3, 0.4) is 0 Å². The second-order valence-electron chi connectivity index (χ2n) is 7.56. The van der Waals surface area contributed by atoms with E-state index in [1.165, 1.54) is 18.9 Å². The average Bonchev–Trinajstić information content (AvgIpc) is 3.45. The van der Waals surface area contributed by atoms with Crippen molar-refractivity contribution < 1.29 is 19.0 Å². The number of hydrogen-bond acceptors (Lipinski definition) is 3. The van der Waals surface area contributed by atoms with Crippen LogP contribution in [0, 0.1) is 11.7 Å². The summed E-state index contributed by atoms with van der Waals surface area (Å²) >= 11 is 0. The molecule has 0 aromatic heterocycles. The maximum atomic E-state index is 14.5. The Morgan fingerprint density at radius 3 is 2.54 bits per heavy atom. The number of halogens is 1. The third kappa shape index (κ3) is 4.71. The van der Waals surface area contributed by atoms with Gasteiger partial charge in [-0.05, 0) is 55.9 Å². The summed E-state index contributed by atoms with van der Waals surface area (Å²) in [5, 5.41) is 9.54. The highest BCUT2D eigenvalue weighted by Gasteiger charge is 2.23. The Hall–Kier alpha value is -2.82. The van der Waals surface area contributed by atoms with Gasteiger partial charge in [-0.1, -0.05) is 29.8 Å². The normalized spacial score (nSPS) is 13.1. The number of carboxylic acids is 1. The maximum absolute atomic E-state index is 14.5. The second-order valence-corrected chi connectivity index (χ2v) is 7.56. The molecule has 1 aliphatic rings. The topological polar surface area (TPSA) is 49.8 Å². The predicted molar refractivity (Wildman–Crippen MR) is 109 cm³/mol. The van der Waals surface area contributed by atoms with Gasteiger partial charge in [0.1, 0.15) is 6.61 Å². The van der Waals surface area contributed by atoms with Crippen LogP contribution < -0.4 is 9.64 Å². The molecule has 3 rings (SSSR count). The molecule has 0 spiro atoms. The van der Waals surface area contributed by atoms with Gasteiger partial charge in [0, 0.05) is 25.3 Å². The van der Waals surface area contributed by atoms with Gasteiger partial charge in [-0.3, -0.25) is 0 Å². The zero-order valence-corrected chi connectivity index (χ0v) is 16.5. The molecule has 0 aliphatic heterocycles. The standard InChI is InChI=1S/C23H26FNO3/c1-15(2)22(23(26)27)19-7-5-4-6-17(19)14-28-21-11-10-18(12-20(21)24)25(3)13-16-8-9-16/h4-7,10-12,16H,8-9,13-14H2,1-3H3,(H,26,27). The van der Waals surface area contributed by atoms with Gasteiger partial charge >= 0.3 is 5.97 Å². The van der Waals surface area contributed by atoms with Crippen molar-refractivity contribution in [1.82, 2.24) is 0 Å². The lowest BCUT2D eigenvalue weighted by Crippen LogP contribution is -2.20. The molecule has 0 bridgehead atoms. The van der Waals surface area contributed by atoms with Gasteiger partial charge in [-0.25, -0.2) is 9.18 Å². The number of rotatable bonds is 8. The molecule has 4 nitrogen and oxygen atoms in total. The van der Waals surface area contributed by atoms with Crippen LogP contribution in [0.4, 0.5) is 10.1 Å². The molecule has 5 heteroatoms. The summed E-state index contributed by atoms with van der Waals surface area (Å²) in [5.41, 5.74) is 3.08. The van der Waals surface area contributed by atoms with Crippen molar-refractivity contribution in [3.8, 4) is 5.75 Å². The Morgan fingerprint density at radius 2 is 1.93 bits per heavy atom. The lowest BCUT2D eigenvalue weighted by molar-refractivity contribution is -0.130. The molecule has 0 heterocycles. The smallest absolute Gasteiger partial charge is 0.336 e. The number of aliphatic carboxylic acids is 1. The maximum Gasteiger partial charge on any atom is 0.336 e. The fraction of sp³-hybridized carbons (Fsp3) is 0.348. The summed E-state index contributed by atoms with van der Waals surface area (Å²) in [6.07, 6.45) is 2.49. The van der Waals surface area contributed by atoms with Crippen LogP contribution in [-0.2, 0) is 11.4 Å². The van der Waals surface area contributed by atoms with Crippen molar-refractivity contribution in [3.63, 3.8) is 0 Å². The highest BCUT2D eigenvalue weighted by Crippen LogP contribution is 2.32. The van der Waals surface area contributed by atoms with Crippen molar-refractivity contribution in [1.29, 1.82) is 0 Å².